The number of nitrogens with one attached hydrogen (secondary N) is 1. The molecule has 1 aromatic carbocycles. The first-order valence-corrected chi connectivity index (χ1v) is 11.2. The lowest BCUT2D eigenvalue weighted by Gasteiger charge is -2.24. The van der Waals surface area contributed by atoms with E-state index in [0.717, 1.165) is 0 Å². The number of nitrogens with zero attached hydrogens (tertiary/aromatic N) is 4. The Morgan fingerprint density at radius 1 is 1.38 bits per heavy atom. The molecule has 0 radical (unpaired) electrons. The van der Waals surface area contributed by atoms with Crippen LogP contribution in [0.25, 0.3) is 11.2 Å². The molecule has 0 bridgehead atoms. The number of aliphatic hydroxyl groups excluding tert-OH is 1. The Kier molecular flexibility index (Phi) is 6.40. The molecular formula is C19H24FN6O5P. The van der Waals surface area contributed by atoms with Crippen LogP contribution in [0.4, 0.5) is 10.3 Å². The molecule has 1 fully saturated rings. The maximum atomic E-state index is 15.6. The van der Waals surface area contributed by atoms with Crippen LogP contribution in [-0.4, -0.2) is 49.1 Å². The fourth-order valence-electron chi connectivity index (χ4n) is 3.57. The van der Waals surface area contributed by atoms with Gasteiger partial charge >= 0.3 is 8.25 Å². The quantitative estimate of drug-likeness (QED) is 0.256. The second kappa shape index (κ2) is 9.08. The highest BCUT2D eigenvalue weighted by atomic mass is 31.1. The zero-order valence-corrected chi connectivity index (χ0v) is 18.4. The Labute approximate surface area is 183 Å². The van der Waals surface area contributed by atoms with Crippen molar-refractivity contribution < 1.29 is 27.8 Å². The zero-order valence-electron chi connectivity index (χ0n) is 17.4. The van der Waals surface area contributed by atoms with Crippen LogP contribution in [-0.2, 0) is 20.2 Å². The number of para-hydroxylation sites is 1. The number of halogens is 1. The molecule has 1 saturated heterocycles. The summed E-state index contributed by atoms with van der Waals surface area (Å²) in [6, 6.07) is 8.49. The number of hydrogen-bond acceptors (Lipinski definition) is 10. The summed E-state index contributed by atoms with van der Waals surface area (Å²) >= 11 is 0. The highest BCUT2D eigenvalue weighted by Gasteiger charge is 2.55. The second-order valence-corrected chi connectivity index (χ2v) is 8.41. The molecule has 172 valence electrons. The molecule has 32 heavy (non-hydrogen) atoms. The van der Waals surface area contributed by atoms with E-state index in [1.165, 1.54) is 17.8 Å². The minimum Gasteiger partial charge on any atom is -0.426 e. The normalized spacial score (nSPS) is 26.3. The lowest BCUT2D eigenvalue weighted by molar-refractivity contribution is -0.0539. The molecule has 4 N–H and O–H groups in total. The fourth-order valence-corrected chi connectivity index (χ4v) is 4.26. The van der Waals surface area contributed by atoms with Gasteiger partial charge < -0.3 is 14.4 Å². The summed E-state index contributed by atoms with van der Waals surface area (Å²) in [4.78, 5) is 12.8. The maximum Gasteiger partial charge on any atom is 0.367 e. The van der Waals surface area contributed by atoms with Gasteiger partial charge in [0.15, 0.2) is 17.5 Å². The number of hydrogen-bond donors (Lipinski definition) is 3. The molecular weight excluding hydrogens is 442 g/mol. The van der Waals surface area contributed by atoms with Crippen LogP contribution in [0, 0.1) is 0 Å². The lowest BCUT2D eigenvalue weighted by atomic mass is 9.98. The molecule has 3 heterocycles. The van der Waals surface area contributed by atoms with Crippen molar-refractivity contribution >= 4 is 25.4 Å². The van der Waals surface area contributed by atoms with Crippen molar-refractivity contribution in [1.82, 2.24) is 19.5 Å². The monoisotopic (exact) mass is 466 g/mol. The first-order valence-electron chi connectivity index (χ1n) is 9.97. The molecule has 1 aliphatic heterocycles. The SMILES string of the molecule is CCc1nc(NN)nc2c1ncn2[C@@H]1O[C@H](CO[PH](=O)Oc2ccccc2)[C@@H](O)[C@@]1(C)F. The van der Waals surface area contributed by atoms with Crippen molar-refractivity contribution in [2.24, 2.45) is 5.84 Å². The number of aliphatic hydroxyl groups is 1. The van der Waals surface area contributed by atoms with Gasteiger partial charge in [-0.25, -0.2) is 24.8 Å². The number of hydrazine groups is 1. The predicted molar refractivity (Wildman–Crippen MR) is 114 cm³/mol. The van der Waals surface area contributed by atoms with E-state index in [4.69, 9.17) is 19.6 Å². The average Bonchev–Trinajstić information content (AvgIpc) is 3.30. The number of anilines is 1. The number of aryl methyl sites for hydroxylation is 1. The molecule has 2 aromatic heterocycles. The summed E-state index contributed by atoms with van der Waals surface area (Å²) in [7, 11) is -2.94. The van der Waals surface area contributed by atoms with Crippen molar-refractivity contribution in [1.29, 1.82) is 0 Å². The molecule has 0 amide bonds. The largest absolute Gasteiger partial charge is 0.426 e. The molecule has 5 atom stereocenters. The first kappa shape index (κ1) is 22.6. The number of fused-ring (bicyclic) bond motifs is 1. The molecule has 11 nitrogen and oxygen atoms in total. The second-order valence-electron chi connectivity index (χ2n) is 7.41. The molecule has 4 rings (SSSR count). The molecule has 3 aromatic rings. The van der Waals surface area contributed by atoms with Gasteiger partial charge in [-0.2, -0.15) is 4.98 Å². The molecule has 1 aliphatic rings. The Balaban J connectivity index is 1.53. The maximum absolute atomic E-state index is 15.6. The van der Waals surface area contributed by atoms with Crippen LogP contribution in [0.15, 0.2) is 36.7 Å². The van der Waals surface area contributed by atoms with E-state index in [1.54, 1.807) is 30.3 Å². The summed E-state index contributed by atoms with van der Waals surface area (Å²) in [5.74, 6) is 5.97. The summed E-state index contributed by atoms with van der Waals surface area (Å²) in [5, 5.41) is 10.6. The van der Waals surface area contributed by atoms with Gasteiger partial charge in [0.2, 0.25) is 5.95 Å². The van der Waals surface area contributed by atoms with Crippen LogP contribution in [0.3, 0.4) is 0 Å². The number of nitrogen functional groups attached to an aromatic ring is 1. The van der Waals surface area contributed by atoms with E-state index in [0.29, 0.717) is 29.0 Å². The standard InChI is InChI=1S/C19H24FN6O5P/c1-3-12-14-16(24-18(23-12)25-21)26(10-22-14)17-19(2,20)15(27)13(30-17)9-29-32(28)31-11-7-5-4-6-8-11/h4-8,10,13,15,17,27,32H,3,9,21H2,1-2H3,(H,23,24,25)/t13-,15-,17-,19-/m1/s1. The molecule has 0 saturated carbocycles. The number of nitrogens with two attached hydrogens (primary N) is 1. The smallest absolute Gasteiger partial charge is 0.367 e. The Bertz CT molecular complexity index is 1110. The van der Waals surface area contributed by atoms with Crippen molar-refractivity contribution in [3.8, 4) is 5.75 Å². The van der Waals surface area contributed by atoms with Crippen LogP contribution in [0.2, 0.25) is 0 Å². The van der Waals surface area contributed by atoms with E-state index in [1.807, 2.05) is 6.92 Å². The first-order chi connectivity index (χ1) is 15.3. The van der Waals surface area contributed by atoms with Crippen molar-refractivity contribution in [2.45, 2.75) is 44.4 Å². The number of aromatic nitrogens is 4. The van der Waals surface area contributed by atoms with Crippen molar-refractivity contribution in [3.05, 3.63) is 42.4 Å². The Morgan fingerprint density at radius 2 is 2.12 bits per heavy atom. The summed E-state index contributed by atoms with van der Waals surface area (Å²) < 4.78 is 45.3. The summed E-state index contributed by atoms with van der Waals surface area (Å²) in [6.07, 6.45) is -1.99. The zero-order chi connectivity index (χ0) is 22.9. The number of alkyl halides is 1. The van der Waals surface area contributed by atoms with Gasteiger partial charge in [-0.1, -0.05) is 25.1 Å². The molecule has 13 heteroatoms. The fraction of sp³-hybridized carbons (Fsp3) is 0.421. The summed E-state index contributed by atoms with van der Waals surface area (Å²) in [5.41, 5.74) is 1.56. The Morgan fingerprint density at radius 3 is 2.81 bits per heavy atom. The average molecular weight is 466 g/mol. The van der Waals surface area contributed by atoms with E-state index < -0.39 is 32.4 Å². The highest BCUT2D eigenvalue weighted by molar-refractivity contribution is 7.33. The van der Waals surface area contributed by atoms with Gasteiger partial charge in [-0.05, 0) is 25.5 Å². The van der Waals surface area contributed by atoms with Crippen LogP contribution < -0.4 is 15.8 Å². The lowest BCUT2D eigenvalue weighted by Crippen LogP contribution is -2.40. The van der Waals surface area contributed by atoms with E-state index in [9.17, 15) is 9.67 Å². The number of ether oxygens (including phenoxy) is 1. The van der Waals surface area contributed by atoms with Gasteiger partial charge in [0.05, 0.1) is 18.6 Å². The van der Waals surface area contributed by atoms with Gasteiger partial charge in [0, 0.05) is 0 Å². The third kappa shape index (κ3) is 4.19. The Hall–Kier alpha value is -2.63. The van der Waals surface area contributed by atoms with Crippen molar-refractivity contribution in [3.63, 3.8) is 0 Å². The molecule has 1 unspecified atom stereocenters. The van der Waals surface area contributed by atoms with Gasteiger partial charge in [-0.15, -0.1) is 0 Å². The van der Waals surface area contributed by atoms with E-state index >= 15 is 4.39 Å². The van der Waals surface area contributed by atoms with Gasteiger partial charge in [0.25, 0.3) is 0 Å². The van der Waals surface area contributed by atoms with Crippen LogP contribution >= 0.6 is 8.25 Å². The molecule has 0 aliphatic carbocycles. The van der Waals surface area contributed by atoms with E-state index in [-0.39, 0.29) is 12.6 Å². The number of rotatable bonds is 8. The van der Waals surface area contributed by atoms with Crippen molar-refractivity contribution in [2.75, 3.05) is 12.0 Å². The van der Waals surface area contributed by atoms with E-state index in [2.05, 4.69) is 20.4 Å². The topological polar surface area (TPSA) is 147 Å². The minimum atomic E-state index is -2.94. The predicted octanol–water partition coefficient (Wildman–Crippen LogP) is 2.15. The number of benzene rings is 1. The highest BCUT2D eigenvalue weighted by Crippen LogP contribution is 2.43. The molecule has 0 spiro atoms. The van der Waals surface area contributed by atoms with Gasteiger partial charge in [-0.3, -0.25) is 14.5 Å². The van der Waals surface area contributed by atoms with Crippen LogP contribution in [0.1, 0.15) is 25.8 Å². The van der Waals surface area contributed by atoms with Gasteiger partial charge in [0.1, 0.15) is 23.5 Å². The third-order valence-corrected chi connectivity index (χ3v) is 6.04. The summed E-state index contributed by atoms with van der Waals surface area (Å²) in [6.45, 7) is 2.77. The third-order valence-electron chi connectivity index (χ3n) is 5.24. The van der Waals surface area contributed by atoms with Crippen LogP contribution in [0.5, 0.6) is 5.75 Å². The number of imidazole rings is 1. The minimum absolute atomic E-state index is 0.145.